The van der Waals surface area contributed by atoms with Crippen molar-refractivity contribution in [3.63, 3.8) is 0 Å². The number of pyridine rings is 4. The van der Waals surface area contributed by atoms with Crippen molar-refractivity contribution in [2.75, 3.05) is 10.6 Å². The molecule has 0 radical (unpaired) electrons. The third-order valence-corrected chi connectivity index (χ3v) is 11.9. The minimum Gasteiger partial charge on any atom is -0.473 e. The molecular formula is C49H47FN10O6. The largest absolute Gasteiger partial charge is 0.473 e. The number of aromatic nitrogens is 8. The number of fused-ring (bicyclic) bond motifs is 2. The predicted molar refractivity (Wildman–Crippen MR) is 241 cm³/mol. The summed E-state index contributed by atoms with van der Waals surface area (Å²) in [4.78, 5) is 45.3. The van der Waals surface area contributed by atoms with Crippen LogP contribution in [-0.4, -0.2) is 74.7 Å². The molecule has 0 bridgehead atoms. The number of halogens is 1. The van der Waals surface area contributed by atoms with Crippen molar-refractivity contribution in [2.45, 2.75) is 89.4 Å². The molecule has 6 aromatic heterocycles. The van der Waals surface area contributed by atoms with Gasteiger partial charge in [-0.1, -0.05) is 42.5 Å². The fourth-order valence-electron chi connectivity index (χ4n) is 8.36. The standard InChI is InChI=1S/C49H47FN10O6/c1-48(2)22-30-18-36(42(50)57-45(30)65-48)43(61)55-40-14-9-13-39(54-40)33-25-52-60(27-33)17-16-49(3)23-31-19-37(44(62)56-41-15-8-12-38(53-41)32-24-51-59(4)26-32)47(58-46(31)66-49)64-35-20-34(21-35)63-28-29-10-6-5-7-11-29/h5-15,18-19,24-27,34-35H,16-17,20-23,28H2,1-4H3,(H,53,56,62)(H,54,55,61). The molecule has 1 aliphatic carbocycles. The number of carbonyl (C=O) groups excluding carboxylic acids is 2. The molecule has 2 amide bonds. The number of nitrogens with zero attached hydrogens (tertiary/aromatic N) is 8. The maximum atomic E-state index is 14.9. The molecule has 2 N–H and O–H groups in total. The molecule has 8 heterocycles. The Bertz CT molecular complexity index is 2970. The maximum Gasteiger partial charge on any atom is 0.262 e. The number of amides is 2. The van der Waals surface area contributed by atoms with Gasteiger partial charge in [0.15, 0.2) is 0 Å². The van der Waals surface area contributed by atoms with Gasteiger partial charge < -0.3 is 29.6 Å². The lowest BCUT2D eigenvalue weighted by molar-refractivity contribution is -0.0697. The van der Waals surface area contributed by atoms with Crippen LogP contribution in [-0.2, 0) is 37.8 Å². The monoisotopic (exact) mass is 890 g/mol. The number of anilines is 2. The van der Waals surface area contributed by atoms with E-state index in [1.807, 2.05) is 82.7 Å². The molecule has 66 heavy (non-hydrogen) atoms. The van der Waals surface area contributed by atoms with Gasteiger partial charge >= 0.3 is 0 Å². The van der Waals surface area contributed by atoms with E-state index in [-0.39, 0.29) is 40.9 Å². The van der Waals surface area contributed by atoms with Crippen LogP contribution >= 0.6 is 0 Å². The lowest BCUT2D eigenvalue weighted by Gasteiger charge is -2.35. The van der Waals surface area contributed by atoms with Crippen molar-refractivity contribution >= 4 is 23.5 Å². The Labute approximate surface area is 379 Å². The van der Waals surface area contributed by atoms with E-state index in [2.05, 4.69) is 35.8 Å². The SMILES string of the molecule is Cn1cc(-c2cccc(NC(=O)c3cc4c(nc3OC3CC(OCc5ccccc5)C3)OC(C)(CCn3cc(-c5cccc(NC(=O)c6cc7c(nc6F)OC(C)(C)C7)n5)cn3)C4)n2)cn1. The third-order valence-electron chi connectivity index (χ3n) is 11.9. The van der Waals surface area contributed by atoms with Crippen LogP contribution in [0.25, 0.3) is 22.5 Å². The second-order valence-corrected chi connectivity index (χ2v) is 17.9. The summed E-state index contributed by atoms with van der Waals surface area (Å²) >= 11 is 0. The number of rotatable bonds is 14. The highest BCUT2D eigenvalue weighted by molar-refractivity contribution is 6.06. The molecule has 1 unspecified atom stereocenters. The topological polar surface area (TPSA) is 182 Å². The molecule has 3 aliphatic rings. The molecule has 0 saturated heterocycles. The zero-order valence-electron chi connectivity index (χ0n) is 36.8. The highest BCUT2D eigenvalue weighted by atomic mass is 19.1. The van der Waals surface area contributed by atoms with Gasteiger partial charge in [-0.3, -0.25) is 19.0 Å². The van der Waals surface area contributed by atoms with Gasteiger partial charge in [0, 0.05) is 80.3 Å². The van der Waals surface area contributed by atoms with Crippen LogP contribution in [0.1, 0.15) is 77.4 Å². The summed E-state index contributed by atoms with van der Waals surface area (Å²) in [7, 11) is 1.83. The lowest BCUT2D eigenvalue weighted by Crippen LogP contribution is -2.40. The summed E-state index contributed by atoms with van der Waals surface area (Å²) in [6, 6.07) is 23.9. The van der Waals surface area contributed by atoms with Crippen LogP contribution in [0.5, 0.6) is 17.6 Å². The van der Waals surface area contributed by atoms with Gasteiger partial charge in [-0.25, -0.2) is 9.97 Å². The van der Waals surface area contributed by atoms with Crippen LogP contribution in [0.2, 0.25) is 0 Å². The second kappa shape index (κ2) is 17.1. The van der Waals surface area contributed by atoms with Gasteiger partial charge in [-0.2, -0.15) is 24.6 Å². The van der Waals surface area contributed by atoms with Gasteiger partial charge in [0.2, 0.25) is 23.6 Å². The van der Waals surface area contributed by atoms with E-state index in [4.69, 9.17) is 23.9 Å². The van der Waals surface area contributed by atoms with Crippen molar-refractivity contribution in [1.29, 1.82) is 0 Å². The molecule has 16 nitrogen and oxygen atoms in total. The average molecular weight is 891 g/mol. The first-order valence-electron chi connectivity index (χ1n) is 21.8. The first-order valence-corrected chi connectivity index (χ1v) is 21.8. The minimum absolute atomic E-state index is 0.0255. The first-order chi connectivity index (χ1) is 31.8. The van der Waals surface area contributed by atoms with E-state index in [9.17, 15) is 14.0 Å². The summed E-state index contributed by atoms with van der Waals surface area (Å²) < 4.78 is 43.2. The summed E-state index contributed by atoms with van der Waals surface area (Å²) in [6.45, 7) is 6.78. The van der Waals surface area contributed by atoms with E-state index >= 15 is 0 Å². The molecule has 1 saturated carbocycles. The van der Waals surface area contributed by atoms with Crippen LogP contribution in [0, 0.1) is 5.95 Å². The Hall–Kier alpha value is -7.53. The summed E-state index contributed by atoms with van der Waals surface area (Å²) in [5.74, 6) is -0.564. The number of nitrogens with one attached hydrogen (secondary N) is 2. The normalized spacial score (nSPS) is 18.9. The third kappa shape index (κ3) is 9.19. The summed E-state index contributed by atoms with van der Waals surface area (Å²) in [5.41, 5.74) is 4.23. The second-order valence-electron chi connectivity index (χ2n) is 17.9. The van der Waals surface area contributed by atoms with Gasteiger partial charge in [0.05, 0.1) is 42.1 Å². The maximum absolute atomic E-state index is 14.9. The number of hydrogen-bond donors (Lipinski definition) is 2. The average Bonchev–Trinajstić information content (AvgIpc) is 4.08. The van der Waals surface area contributed by atoms with Crippen molar-refractivity contribution < 1.29 is 32.9 Å². The van der Waals surface area contributed by atoms with Gasteiger partial charge in [0.25, 0.3) is 11.8 Å². The highest BCUT2D eigenvalue weighted by Gasteiger charge is 2.39. The van der Waals surface area contributed by atoms with Crippen LogP contribution in [0.3, 0.4) is 0 Å². The Morgan fingerprint density at radius 2 is 1.41 bits per heavy atom. The molecule has 336 valence electrons. The van der Waals surface area contributed by atoms with Crippen molar-refractivity contribution in [1.82, 2.24) is 39.5 Å². The zero-order chi connectivity index (χ0) is 45.6. The Balaban J connectivity index is 0.809. The van der Waals surface area contributed by atoms with Crippen molar-refractivity contribution in [3.8, 4) is 40.2 Å². The fourth-order valence-corrected chi connectivity index (χ4v) is 8.36. The van der Waals surface area contributed by atoms with Gasteiger partial charge in [-0.05, 0) is 62.7 Å². The van der Waals surface area contributed by atoms with Crippen molar-refractivity contribution in [2.24, 2.45) is 7.05 Å². The van der Waals surface area contributed by atoms with E-state index < -0.39 is 29.0 Å². The number of hydrogen-bond acceptors (Lipinski definition) is 12. The predicted octanol–water partition coefficient (Wildman–Crippen LogP) is 7.80. The Morgan fingerprint density at radius 3 is 2.12 bits per heavy atom. The highest BCUT2D eigenvalue weighted by Crippen LogP contribution is 2.40. The van der Waals surface area contributed by atoms with E-state index in [1.54, 1.807) is 52.1 Å². The number of carbonyl (C=O) groups is 2. The van der Waals surface area contributed by atoms with Gasteiger partial charge in [-0.15, -0.1) is 0 Å². The van der Waals surface area contributed by atoms with Crippen LogP contribution in [0.15, 0.2) is 104 Å². The number of aryl methyl sites for hydroxylation is 2. The zero-order valence-corrected chi connectivity index (χ0v) is 36.8. The smallest absolute Gasteiger partial charge is 0.262 e. The van der Waals surface area contributed by atoms with E-state index in [1.165, 1.54) is 6.07 Å². The quantitative estimate of drug-likeness (QED) is 0.101. The summed E-state index contributed by atoms with van der Waals surface area (Å²) in [5, 5.41) is 14.5. The number of benzene rings is 1. The molecule has 1 fully saturated rings. The molecule has 0 spiro atoms. The molecule has 1 atom stereocenters. The summed E-state index contributed by atoms with van der Waals surface area (Å²) in [6.07, 6.45) is 9.84. The van der Waals surface area contributed by atoms with E-state index in [0.29, 0.717) is 73.9 Å². The Morgan fingerprint density at radius 1 is 0.758 bits per heavy atom. The molecule has 17 heteroatoms. The molecule has 1 aromatic carbocycles. The van der Waals surface area contributed by atoms with Crippen LogP contribution in [0.4, 0.5) is 16.0 Å². The molecule has 2 aliphatic heterocycles. The fraction of sp³-hybridized carbons (Fsp3) is 0.306. The van der Waals surface area contributed by atoms with Crippen molar-refractivity contribution in [3.05, 3.63) is 137 Å². The van der Waals surface area contributed by atoms with Crippen LogP contribution < -0.4 is 24.8 Å². The Kier molecular flexibility index (Phi) is 11.0. The lowest BCUT2D eigenvalue weighted by atomic mass is 9.91. The minimum atomic E-state index is -0.913. The first kappa shape index (κ1) is 42.4. The van der Waals surface area contributed by atoms with Gasteiger partial charge in [0.1, 0.15) is 34.5 Å². The van der Waals surface area contributed by atoms with E-state index in [0.717, 1.165) is 22.3 Å². The molecule has 7 aromatic rings. The molecular weight excluding hydrogens is 844 g/mol. The molecule has 10 rings (SSSR count). The number of ether oxygens (including phenoxy) is 4.